The number of ether oxygens (including phenoxy) is 2. The molecule has 1 aromatic rings. The summed E-state index contributed by atoms with van der Waals surface area (Å²) >= 11 is 0. The third-order valence-electron chi connectivity index (χ3n) is 5.15. The molecule has 0 heterocycles. The number of carbonyl (C=O) groups is 7. The summed E-state index contributed by atoms with van der Waals surface area (Å²) in [5, 5.41) is 14.1. The minimum Gasteiger partial charge on any atom is -0.468 e. The molecule has 0 fully saturated rings. The van der Waals surface area contributed by atoms with E-state index in [2.05, 4.69) is 36.6 Å². The number of hydrogen-bond acceptors (Lipinski definition) is 9. The summed E-state index contributed by atoms with van der Waals surface area (Å²) in [4.78, 5) is 83.6. The van der Waals surface area contributed by atoms with E-state index in [0.29, 0.717) is 0 Å². The Morgan fingerprint density at radius 2 is 1.27 bits per heavy atom. The van der Waals surface area contributed by atoms with Gasteiger partial charge in [-0.3, -0.25) is 28.8 Å². The Morgan fingerprint density at radius 1 is 0.700 bits per heavy atom. The minimum absolute atomic E-state index is 0.0298. The monoisotopic (exact) mass is 564 g/mol. The second-order valence-electron chi connectivity index (χ2n) is 8.78. The lowest BCUT2D eigenvalue weighted by molar-refractivity contribution is -0.141. The van der Waals surface area contributed by atoms with E-state index in [1.165, 1.54) is 6.92 Å². The van der Waals surface area contributed by atoms with Crippen LogP contribution in [0, 0.1) is 5.92 Å². The Morgan fingerprint density at radius 3 is 1.88 bits per heavy atom. The molecular formula is C25H36N6O9. The maximum Gasteiger partial charge on any atom is 0.407 e. The predicted molar refractivity (Wildman–Crippen MR) is 140 cm³/mol. The number of nitrogens with one attached hydrogen (secondary N) is 6. The highest BCUT2D eigenvalue weighted by Gasteiger charge is 2.27. The van der Waals surface area contributed by atoms with Gasteiger partial charge < -0.3 is 41.4 Å². The van der Waals surface area contributed by atoms with Crippen molar-refractivity contribution in [3.05, 3.63) is 35.9 Å². The van der Waals surface area contributed by atoms with Gasteiger partial charge in [0, 0.05) is 0 Å². The van der Waals surface area contributed by atoms with E-state index < -0.39 is 73.3 Å². The molecule has 1 rings (SSSR count). The van der Waals surface area contributed by atoms with Crippen LogP contribution in [0.3, 0.4) is 0 Å². The summed E-state index contributed by atoms with van der Waals surface area (Å²) in [6.07, 6.45) is -0.806. The van der Waals surface area contributed by atoms with Gasteiger partial charge in [-0.15, -0.1) is 0 Å². The van der Waals surface area contributed by atoms with Crippen LogP contribution in [0.4, 0.5) is 4.79 Å². The fraction of sp³-hybridized carbons (Fsp3) is 0.480. The molecule has 2 atom stereocenters. The Balaban J connectivity index is 2.40. The quantitative estimate of drug-likeness (QED) is 0.131. The number of benzene rings is 1. The van der Waals surface area contributed by atoms with Gasteiger partial charge in [-0.05, 0) is 18.4 Å². The van der Waals surface area contributed by atoms with E-state index in [9.17, 15) is 33.6 Å². The Hall–Kier alpha value is -4.69. The molecule has 0 aromatic heterocycles. The molecule has 0 bridgehead atoms. The third kappa shape index (κ3) is 13.7. The number of amides is 6. The van der Waals surface area contributed by atoms with E-state index in [1.807, 2.05) is 6.07 Å². The third-order valence-corrected chi connectivity index (χ3v) is 5.15. The smallest absolute Gasteiger partial charge is 0.407 e. The fourth-order valence-corrected chi connectivity index (χ4v) is 2.92. The van der Waals surface area contributed by atoms with Gasteiger partial charge in [-0.2, -0.15) is 0 Å². The molecule has 0 saturated carbocycles. The van der Waals surface area contributed by atoms with Crippen LogP contribution in [-0.2, 0) is 44.8 Å². The van der Waals surface area contributed by atoms with Crippen molar-refractivity contribution in [3.8, 4) is 0 Å². The van der Waals surface area contributed by atoms with E-state index in [-0.39, 0.29) is 19.1 Å². The molecule has 0 aliphatic heterocycles. The fourth-order valence-electron chi connectivity index (χ4n) is 2.92. The molecule has 0 spiro atoms. The van der Waals surface area contributed by atoms with Gasteiger partial charge in [-0.1, -0.05) is 44.2 Å². The van der Waals surface area contributed by atoms with Gasteiger partial charge in [0.15, 0.2) is 0 Å². The number of esters is 1. The number of hydrogen-bond donors (Lipinski definition) is 6. The van der Waals surface area contributed by atoms with Gasteiger partial charge >= 0.3 is 12.1 Å². The summed E-state index contributed by atoms with van der Waals surface area (Å²) in [6, 6.07) is 6.87. The molecule has 0 aliphatic carbocycles. The molecule has 0 unspecified atom stereocenters. The van der Waals surface area contributed by atoms with Crippen molar-refractivity contribution in [2.24, 2.45) is 5.92 Å². The van der Waals surface area contributed by atoms with E-state index in [0.717, 1.165) is 12.7 Å². The van der Waals surface area contributed by atoms with Crippen molar-refractivity contribution >= 4 is 41.6 Å². The van der Waals surface area contributed by atoms with Crippen molar-refractivity contribution in [1.82, 2.24) is 31.9 Å². The molecule has 0 aliphatic rings. The lowest BCUT2D eigenvalue weighted by Gasteiger charge is -2.24. The molecule has 15 nitrogen and oxygen atoms in total. The number of alkyl carbamates (subject to hydrolysis) is 1. The van der Waals surface area contributed by atoms with E-state index in [1.54, 1.807) is 38.1 Å². The first-order valence-corrected chi connectivity index (χ1v) is 12.3. The van der Waals surface area contributed by atoms with Gasteiger partial charge in [0.2, 0.25) is 29.5 Å². The molecule has 0 saturated heterocycles. The average Bonchev–Trinajstić information content (AvgIpc) is 2.94. The zero-order valence-corrected chi connectivity index (χ0v) is 22.8. The molecule has 1 aromatic carbocycles. The number of rotatable bonds is 15. The van der Waals surface area contributed by atoms with Crippen LogP contribution in [-0.4, -0.2) is 87.0 Å². The summed E-state index contributed by atoms with van der Waals surface area (Å²) in [5.41, 5.74) is 0.775. The molecular weight excluding hydrogens is 528 g/mol. The van der Waals surface area contributed by atoms with E-state index in [4.69, 9.17) is 4.74 Å². The van der Waals surface area contributed by atoms with Gasteiger partial charge in [0.1, 0.15) is 31.8 Å². The lowest BCUT2D eigenvalue weighted by Crippen LogP contribution is -2.56. The topological polar surface area (TPSA) is 210 Å². The van der Waals surface area contributed by atoms with E-state index >= 15 is 0 Å². The molecule has 15 heteroatoms. The highest BCUT2D eigenvalue weighted by molar-refractivity contribution is 5.94. The first kappa shape index (κ1) is 33.3. The predicted octanol–water partition coefficient (Wildman–Crippen LogP) is -1.92. The standard InChI is InChI=1S/C25H36N6O9/c1-15(2)22(24(37)30-16(3)23(36)28-10-18(32)27-13-21(35)39-4)31-20(34)12-26-19(33)11-29-25(38)40-14-17-8-6-5-7-9-17/h5-9,15-16,22H,10-14H2,1-4H3,(H,26,33)(H,27,32)(H,28,36)(H,29,38)(H,30,37)(H,31,34)/t16-,22-/m0/s1. The van der Waals surface area contributed by atoms with Crippen molar-refractivity contribution in [2.75, 3.05) is 33.3 Å². The highest BCUT2D eigenvalue weighted by atomic mass is 16.5. The van der Waals surface area contributed by atoms with Gasteiger partial charge in [0.25, 0.3) is 0 Å². The zero-order valence-electron chi connectivity index (χ0n) is 22.8. The summed E-state index contributed by atoms with van der Waals surface area (Å²) in [7, 11) is 1.16. The largest absolute Gasteiger partial charge is 0.468 e. The summed E-state index contributed by atoms with van der Waals surface area (Å²) < 4.78 is 9.38. The molecule has 220 valence electrons. The van der Waals surface area contributed by atoms with Crippen molar-refractivity contribution in [2.45, 2.75) is 39.5 Å². The zero-order chi connectivity index (χ0) is 30.1. The Labute approximate surface area is 231 Å². The second-order valence-corrected chi connectivity index (χ2v) is 8.78. The minimum atomic E-state index is -1.05. The summed E-state index contributed by atoms with van der Waals surface area (Å²) in [5.74, 6) is -4.32. The molecule has 40 heavy (non-hydrogen) atoms. The van der Waals surface area contributed by atoms with Crippen LogP contribution >= 0.6 is 0 Å². The maximum atomic E-state index is 12.7. The van der Waals surface area contributed by atoms with Crippen molar-refractivity contribution < 1.29 is 43.0 Å². The van der Waals surface area contributed by atoms with Crippen molar-refractivity contribution in [3.63, 3.8) is 0 Å². The number of carbonyl (C=O) groups excluding carboxylic acids is 7. The van der Waals surface area contributed by atoms with Crippen molar-refractivity contribution in [1.29, 1.82) is 0 Å². The summed E-state index contributed by atoms with van der Waals surface area (Å²) in [6.45, 7) is 3.08. The van der Waals surface area contributed by atoms with Gasteiger partial charge in [0.05, 0.1) is 20.2 Å². The van der Waals surface area contributed by atoms with Crippen LogP contribution in [0.25, 0.3) is 0 Å². The Kier molecular flexibility index (Phi) is 14.8. The average molecular weight is 565 g/mol. The maximum absolute atomic E-state index is 12.7. The highest BCUT2D eigenvalue weighted by Crippen LogP contribution is 2.03. The Bertz CT molecular complexity index is 1050. The molecule has 6 N–H and O–H groups in total. The molecule has 0 radical (unpaired) electrons. The first-order valence-electron chi connectivity index (χ1n) is 12.3. The van der Waals surface area contributed by atoms with Crippen LogP contribution < -0.4 is 31.9 Å². The van der Waals surface area contributed by atoms with Crippen LogP contribution in [0.2, 0.25) is 0 Å². The SMILES string of the molecule is COC(=O)CNC(=O)CNC(=O)[C@H](C)NC(=O)[C@@H](NC(=O)CNC(=O)CNC(=O)OCc1ccccc1)C(C)C. The van der Waals surface area contributed by atoms with Gasteiger partial charge in [-0.25, -0.2) is 4.79 Å². The molecule has 6 amide bonds. The van der Waals surface area contributed by atoms with Crippen LogP contribution in [0.15, 0.2) is 30.3 Å². The lowest BCUT2D eigenvalue weighted by atomic mass is 10.0. The number of methoxy groups -OCH3 is 1. The second kappa shape index (κ2) is 17.8. The van der Waals surface area contributed by atoms with Crippen LogP contribution in [0.5, 0.6) is 0 Å². The normalized spacial score (nSPS) is 11.7. The first-order chi connectivity index (χ1) is 18.9. The van der Waals surface area contributed by atoms with Crippen LogP contribution in [0.1, 0.15) is 26.3 Å².